The molecule has 0 bridgehead atoms. The van der Waals surface area contributed by atoms with Crippen molar-refractivity contribution >= 4 is 0 Å². The van der Waals surface area contributed by atoms with E-state index in [0.29, 0.717) is 0 Å². The summed E-state index contributed by atoms with van der Waals surface area (Å²) in [5.41, 5.74) is 2.87. The first-order valence-corrected chi connectivity index (χ1v) is 8.89. The van der Waals surface area contributed by atoms with Gasteiger partial charge in [-0.25, -0.2) is 0 Å². The molecule has 0 fully saturated rings. The maximum absolute atomic E-state index is 2.32. The summed E-state index contributed by atoms with van der Waals surface area (Å²) < 4.78 is 0. The molecule has 0 saturated heterocycles. The van der Waals surface area contributed by atoms with Crippen molar-refractivity contribution in [2.45, 2.75) is 95.4 Å². The summed E-state index contributed by atoms with van der Waals surface area (Å²) in [5.74, 6) is 0.847. The summed E-state index contributed by atoms with van der Waals surface area (Å²) in [6.45, 7) is 23.1. The third-order valence-corrected chi connectivity index (χ3v) is 2.55. The fraction of sp³-hybridized carbons (Fsp3) is 0.714. The highest BCUT2D eigenvalue weighted by Gasteiger charge is 1.93. The van der Waals surface area contributed by atoms with Crippen molar-refractivity contribution in [2.24, 2.45) is 5.92 Å². The summed E-state index contributed by atoms with van der Waals surface area (Å²) in [6, 6.07) is 0. The second kappa shape index (κ2) is 27.5. The number of allylic oxidation sites excluding steroid dienone is 6. The van der Waals surface area contributed by atoms with Gasteiger partial charge in [-0.05, 0) is 52.9 Å². The zero-order chi connectivity index (χ0) is 17.7. The van der Waals surface area contributed by atoms with E-state index in [9.17, 15) is 0 Å². The molecule has 0 N–H and O–H groups in total. The van der Waals surface area contributed by atoms with Gasteiger partial charge in [-0.1, -0.05) is 83.9 Å². The molecule has 0 heterocycles. The topological polar surface area (TPSA) is 0 Å². The van der Waals surface area contributed by atoms with Crippen LogP contribution >= 0.6 is 0 Å². The van der Waals surface area contributed by atoms with E-state index in [-0.39, 0.29) is 0 Å². The lowest BCUT2D eigenvalue weighted by Crippen LogP contribution is -1.87. The van der Waals surface area contributed by atoms with Crippen molar-refractivity contribution in [1.29, 1.82) is 0 Å². The fourth-order valence-electron chi connectivity index (χ4n) is 1.33. The van der Waals surface area contributed by atoms with Gasteiger partial charge in [-0.15, -0.1) is 0 Å². The van der Waals surface area contributed by atoms with Gasteiger partial charge in [0.25, 0.3) is 0 Å². The molecule has 0 spiro atoms. The van der Waals surface area contributed by atoms with Crippen molar-refractivity contribution in [2.75, 3.05) is 0 Å². The van der Waals surface area contributed by atoms with E-state index in [1.807, 2.05) is 47.6 Å². The lowest BCUT2D eigenvalue weighted by molar-refractivity contribution is 0.584. The monoisotopic (exact) mass is 296 g/mol. The van der Waals surface area contributed by atoms with Crippen LogP contribution in [0.25, 0.3) is 0 Å². The highest BCUT2D eigenvalue weighted by atomic mass is 14.0. The molecular formula is C21H44. The number of hydrogen-bond acceptors (Lipinski definition) is 0. The Morgan fingerprint density at radius 2 is 1.43 bits per heavy atom. The van der Waals surface area contributed by atoms with E-state index in [4.69, 9.17) is 0 Å². The Kier molecular flexibility index (Phi) is 37.2. The van der Waals surface area contributed by atoms with Crippen molar-refractivity contribution < 1.29 is 0 Å². The second-order valence-corrected chi connectivity index (χ2v) is 4.92. The van der Waals surface area contributed by atoms with Gasteiger partial charge in [0.1, 0.15) is 0 Å². The van der Waals surface area contributed by atoms with Gasteiger partial charge < -0.3 is 0 Å². The summed E-state index contributed by atoms with van der Waals surface area (Å²) in [6.07, 6.45) is 12.3. The second-order valence-electron chi connectivity index (χ2n) is 4.92. The van der Waals surface area contributed by atoms with Crippen LogP contribution in [0.15, 0.2) is 35.5 Å². The van der Waals surface area contributed by atoms with Crippen LogP contribution in [0.4, 0.5) is 0 Å². The zero-order valence-electron chi connectivity index (χ0n) is 17.0. The van der Waals surface area contributed by atoms with Crippen LogP contribution in [-0.2, 0) is 0 Å². The SMILES string of the molecule is C/C=C\C(C)=C/C.CC.CC.CC/C=C(/C)CCC(C)C. The highest BCUT2D eigenvalue weighted by Crippen LogP contribution is 2.10. The van der Waals surface area contributed by atoms with Gasteiger partial charge in [0.15, 0.2) is 0 Å². The summed E-state index contributed by atoms with van der Waals surface area (Å²) in [7, 11) is 0. The first kappa shape index (κ1) is 28.4. The lowest BCUT2D eigenvalue weighted by Gasteiger charge is -2.03. The smallest absolute Gasteiger partial charge is 0.0321 e. The van der Waals surface area contributed by atoms with Crippen LogP contribution in [0.2, 0.25) is 0 Å². The Labute approximate surface area is 137 Å². The zero-order valence-corrected chi connectivity index (χ0v) is 17.0. The Bertz CT molecular complexity index is 239. The van der Waals surface area contributed by atoms with Crippen LogP contribution in [-0.4, -0.2) is 0 Å². The normalized spacial score (nSPS) is 11.0. The predicted octanol–water partition coefficient (Wildman–Crippen LogP) is 8.36. The minimum atomic E-state index is 0.847. The van der Waals surface area contributed by atoms with E-state index in [0.717, 1.165) is 5.92 Å². The standard InChI is InChI=1S/C10H20.C7H12.2C2H6/c1-5-6-10(4)8-7-9(2)3;1-4-6-7(3)5-2;2*1-2/h6,9H,5,7-8H2,1-4H3;4-6H,1-3H3;2*1-2H3/b10-6-;6-4-,7-5-;;. The quantitative estimate of drug-likeness (QED) is 0.353. The molecule has 0 aliphatic rings. The van der Waals surface area contributed by atoms with E-state index in [1.54, 1.807) is 5.57 Å². The molecule has 0 amide bonds. The van der Waals surface area contributed by atoms with Gasteiger partial charge in [-0.3, -0.25) is 0 Å². The van der Waals surface area contributed by atoms with Crippen LogP contribution in [0.5, 0.6) is 0 Å². The molecule has 0 saturated carbocycles. The summed E-state index contributed by atoms with van der Waals surface area (Å²) >= 11 is 0. The molecule has 0 atom stereocenters. The minimum absolute atomic E-state index is 0.847. The van der Waals surface area contributed by atoms with Gasteiger partial charge >= 0.3 is 0 Å². The van der Waals surface area contributed by atoms with Crippen LogP contribution < -0.4 is 0 Å². The van der Waals surface area contributed by atoms with Crippen LogP contribution in [0.1, 0.15) is 95.4 Å². The molecule has 0 aromatic heterocycles. The summed E-state index contributed by atoms with van der Waals surface area (Å²) in [4.78, 5) is 0. The van der Waals surface area contributed by atoms with E-state index in [1.165, 1.54) is 24.8 Å². The maximum atomic E-state index is 2.32. The van der Waals surface area contributed by atoms with Crippen LogP contribution in [0, 0.1) is 5.92 Å². The van der Waals surface area contributed by atoms with Crippen molar-refractivity contribution in [1.82, 2.24) is 0 Å². The average Bonchev–Trinajstić information content (AvgIpc) is 2.50. The van der Waals surface area contributed by atoms with Crippen molar-refractivity contribution in [3.63, 3.8) is 0 Å². The third kappa shape index (κ3) is 38.2. The molecule has 0 aliphatic heterocycles. The maximum Gasteiger partial charge on any atom is -0.0321 e. The molecule has 128 valence electrons. The van der Waals surface area contributed by atoms with Gasteiger partial charge in [0, 0.05) is 0 Å². The lowest BCUT2D eigenvalue weighted by atomic mass is 10.0. The molecule has 0 aliphatic carbocycles. The molecule has 0 nitrogen and oxygen atoms in total. The molecule has 0 aromatic rings. The Morgan fingerprint density at radius 1 is 0.952 bits per heavy atom. The van der Waals surface area contributed by atoms with Gasteiger partial charge in [0.05, 0.1) is 0 Å². The largest absolute Gasteiger partial charge is 0.0874 e. The van der Waals surface area contributed by atoms with Crippen molar-refractivity contribution in [3.05, 3.63) is 35.5 Å². The first-order chi connectivity index (χ1) is 9.97. The third-order valence-electron chi connectivity index (χ3n) is 2.55. The molecule has 21 heavy (non-hydrogen) atoms. The Morgan fingerprint density at radius 3 is 1.67 bits per heavy atom. The average molecular weight is 297 g/mol. The van der Waals surface area contributed by atoms with Gasteiger partial charge in [0.2, 0.25) is 0 Å². The molecule has 0 aromatic carbocycles. The Balaban J connectivity index is -0.000000115. The molecule has 0 rings (SSSR count). The highest BCUT2D eigenvalue weighted by molar-refractivity contribution is 5.13. The molecule has 0 heteroatoms. The van der Waals surface area contributed by atoms with Crippen molar-refractivity contribution in [3.8, 4) is 0 Å². The number of rotatable bonds is 5. The van der Waals surface area contributed by atoms with E-state index < -0.39 is 0 Å². The van der Waals surface area contributed by atoms with E-state index in [2.05, 4.69) is 52.8 Å². The number of hydrogen-bond donors (Lipinski definition) is 0. The molecular weight excluding hydrogens is 252 g/mol. The first-order valence-electron chi connectivity index (χ1n) is 8.89. The fourth-order valence-corrected chi connectivity index (χ4v) is 1.33. The molecule has 0 radical (unpaired) electrons. The predicted molar refractivity (Wildman–Crippen MR) is 105 cm³/mol. The summed E-state index contributed by atoms with van der Waals surface area (Å²) in [5, 5.41) is 0. The minimum Gasteiger partial charge on any atom is -0.0874 e. The Hall–Kier alpha value is -0.780. The van der Waals surface area contributed by atoms with E-state index >= 15 is 0 Å². The molecule has 0 unspecified atom stereocenters. The van der Waals surface area contributed by atoms with Crippen LogP contribution in [0.3, 0.4) is 0 Å². The van der Waals surface area contributed by atoms with Gasteiger partial charge in [-0.2, -0.15) is 0 Å².